The average Bonchev–Trinajstić information content (AvgIpc) is 2.49. The lowest BCUT2D eigenvalue weighted by Crippen LogP contribution is -2.32. The lowest BCUT2D eigenvalue weighted by molar-refractivity contribution is -0.117. The fourth-order valence-electron chi connectivity index (χ4n) is 2.25. The minimum Gasteiger partial charge on any atom is -0.325 e. The van der Waals surface area contributed by atoms with Gasteiger partial charge in [0, 0.05) is 30.0 Å². The number of hydrogen-bond acceptors (Lipinski definition) is 2. The van der Waals surface area contributed by atoms with Crippen LogP contribution >= 0.6 is 15.9 Å². The monoisotopic (exact) mass is 374 g/mol. The number of aryl methyl sites for hydroxylation is 1. The topological polar surface area (TPSA) is 49.4 Å². The van der Waals surface area contributed by atoms with Crippen LogP contribution in [0.4, 0.5) is 11.4 Å². The van der Waals surface area contributed by atoms with Crippen molar-refractivity contribution < 1.29 is 9.59 Å². The molecule has 23 heavy (non-hydrogen) atoms. The van der Waals surface area contributed by atoms with Crippen LogP contribution in [0.25, 0.3) is 0 Å². The molecule has 0 atom stereocenters. The Morgan fingerprint density at radius 2 is 1.87 bits per heavy atom. The van der Waals surface area contributed by atoms with Crippen LogP contribution in [0.1, 0.15) is 18.9 Å². The molecule has 4 nitrogen and oxygen atoms in total. The first-order valence-corrected chi connectivity index (χ1v) is 8.16. The number of carbonyl (C=O) groups is 2. The van der Waals surface area contributed by atoms with Crippen molar-refractivity contribution in [2.75, 3.05) is 16.8 Å². The van der Waals surface area contributed by atoms with E-state index in [0.717, 1.165) is 21.4 Å². The number of hydrogen-bond donors (Lipinski definition) is 1. The van der Waals surface area contributed by atoms with Crippen LogP contribution in [0, 0.1) is 6.92 Å². The van der Waals surface area contributed by atoms with E-state index in [1.165, 1.54) is 6.92 Å². The highest BCUT2D eigenvalue weighted by atomic mass is 79.9. The predicted octanol–water partition coefficient (Wildman–Crippen LogP) is 4.14. The van der Waals surface area contributed by atoms with Crippen LogP contribution in [0.5, 0.6) is 0 Å². The lowest BCUT2D eigenvalue weighted by atomic mass is 10.2. The van der Waals surface area contributed by atoms with E-state index >= 15 is 0 Å². The van der Waals surface area contributed by atoms with E-state index in [4.69, 9.17) is 0 Å². The van der Waals surface area contributed by atoms with Gasteiger partial charge in [-0.1, -0.05) is 24.3 Å². The van der Waals surface area contributed by atoms with Crippen molar-refractivity contribution in [1.82, 2.24) is 0 Å². The summed E-state index contributed by atoms with van der Waals surface area (Å²) in [5, 5.41) is 2.84. The number of benzene rings is 2. The number of carbonyl (C=O) groups excluding carboxylic acids is 2. The van der Waals surface area contributed by atoms with Gasteiger partial charge in [0.15, 0.2) is 0 Å². The molecular weight excluding hydrogens is 356 g/mol. The van der Waals surface area contributed by atoms with Crippen molar-refractivity contribution in [3.05, 3.63) is 58.6 Å². The highest BCUT2D eigenvalue weighted by molar-refractivity contribution is 9.10. The summed E-state index contributed by atoms with van der Waals surface area (Å²) >= 11 is 3.39. The van der Waals surface area contributed by atoms with E-state index < -0.39 is 0 Å². The molecule has 120 valence electrons. The third-order valence-electron chi connectivity index (χ3n) is 3.40. The molecular formula is C18H19BrN2O2. The summed E-state index contributed by atoms with van der Waals surface area (Å²) in [5.41, 5.74) is 2.61. The van der Waals surface area contributed by atoms with Gasteiger partial charge in [-0.3, -0.25) is 9.59 Å². The molecule has 0 saturated heterocycles. The Hall–Kier alpha value is -2.14. The normalized spacial score (nSPS) is 10.2. The van der Waals surface area contributed by atoms with Crippen molar-refractivity contribution in [2.24, 2.45) is 0 Å². The largest absolute Gasteiger partial charge is 0.325 e. The van der Waals surface area contributed by atoms with Gasteiger partial charge in [-0.25, -0.2) is 0 Å². The van der Waals surface area contributed by atoms with Crippen LogP contribution < -0.4 is 10.2 Å². The van der Waals surface area contributed by atoms with Crippen LogP contribution in [-0.2, 0) is 9.59 Å². The first kappa shape index (κ1) is 17.2. The van der Waals surface area contributed by atoms with E-state index in [1.807, 2.05) is 55.5 Å². The maximum absolute atomic E-state index is 12.1. The molecule has 0 fully saturated rings. The summed E-state index contributed by atoms with van der Waals surface area (Å²) in [6.07, 6.45) is 0.231. The summed E-state index contributed by atoms with van der Waals surface area (Å²) in [6.45, 7) is 3.82. The SMILES string of the molecule is CC(=O)N(CCC(=O)Nc1ccccc1Br)c1cccc(C)c1. The zero-order valence-electron chi connectivity index (χ0n) is 13.2. The maximum atomic E-state index is 12.1. The molecule has 2 aromatic rings. The van der Waals surface area contributed by atoms with Crippen LogP contribution in [0.15, 0.2) is 53.0 Å². The van der Waals surface area contributed by atoms with Crippen molar-refractivity contribution in [3.63, 3.8) is 0 Å². The van der Waals surface area contributed by atoms with Gasteiger partial charge in [0.1, 0.15) is 0 Å². The van der Waals surface area contributed by atoms with Gasteiger partial charge in [-0.15, -0.1) is 0 Å². The van der Waals surface area contributed by atoms with Gasteiger partial charge in [-0.2, -0.15) is 0 Å². The van der Waals surface area contributed by atoms with Crippen molar-refractivity contribution in [1.29, 1.82) is 0 Å². The average molecular weight is 375 g/mol. The smallest absolute Gasteiger partial charge is 0.226 e. The third kappa shape index (κ3) is 4.93. The molecule has 0 heterocycles. The lowest BCUT2D eigenvalue weighted by Gasteiger charge is -2.21. The van der Waals surface area contributed by atoms with E-state index in [0.29, 0.717) is 6.54 Å². The predicted molar refractivity (Wildman–Crippen MR) is 96.6 cm³/mol. The number of anilines is 2. The molecule has 0 bridgehead atoms. The molecule has 2 amide bonds. The summed E-state index contributed by atoms with van der Waals surface area (Å²) in [4.78, 5) is 25.6. The van der Waals surface area contributed by atoms with Gasteiger partial charge in [0.05, 0.1) is 5.69 Å². The van der Waals surface area contributed by atoms with Crippen LogP contribution in [0.2, 0.25) is 0 Å². The van der Waals surface area contributed by atoms with Gasteiger partial charge in [0.2, 0.25) is 11.8 Å². The molecule has 0 aromatic heterocycles. The highest BCUT2D eigenvalue weighted by Crippen LogP contribution is 2.21. The zero-order valence-corrected chi connectivity index (χ0v) is 14.8. The van der Waals surface area contributed by atoms with E-state index in [9.17, 15) is 9.59 Å². The minimum atomic E-state index is -0.129. The summed E-state index contributed by atoms with van der Waals surface area (Å²) in [6, 6.07) is 15.1. The van der Waals surface area contributed by atoms with Crippen LogP contribution in [0.3, 0.4) is 0 Å². The molecule has 0 saturated carbocycles. The number of rotatable bonds is 5. The molecule has 2 rings (SSSR count). The maximum Gasteiger partial charge on any atom is 0.226 e. The molecule has 0 spiro atoms. The van der Waals surface area contributed by atoms with Crippen molar-refractivity contribution >= 4 is 39.1 Å². The number of amides is 2. The molecule has 1 N–H and O–H groups in total. The van der Waals surface area contributed by atoms with E-state index in [2.05, 4.69) is 21.2 Å². The Bertz CT molecular complexity index is 716. The second-order valence-corrected chi connectivity index (χ2v) is 6.14. The molecule has 5 heteroatoms. The van der Waals surface area contributed by atoms with Gasteiger partial charge >= 0.3 is 0 Å². The first-order valence-electron chi connectivity index (χ1n) is 7.36. The quantitative estimate of drug-likeness (QED) is 0.854. The highest BCUT2D eigenvalue weighted by Gasteiger charge is 2.14. The fourth-order valence-corrected chi connectivity index (χ4v) is 2.64. The Balaban J connectivity index is 2.00. The van der Waals surface area contributed by atoms with E-state index in [1.54, 1.807) is 4.90 Å². The molecule has 0 radical (unpaired) electrons. The summed E-state index contributed by atoms with van der Waals surface area (Å²) in [5.74, 6) is -0.208. The number of halogens is 1. The Morgan fingerprint density at radius 3 is 2.52 bits per heavy atom. The Labute approximate surface area is 144 Å². The number of nitrogens with one attached hydrogen (secondary N) is 1. The van der Waals surface area contributed by atoms with Gasteiger partial charge in [-0.05, 0) is 52.7 Å². The summed E-state index contributed by atoms with van der Waals surface area (Å²) < 4.78 is 0.829. The number of nitrogens with zero attached hydrogens (tertiary/aromatic N) is 1. The van der Waals surface area contributed by atoms with Crippen LogP contribution in [-0.4, -0.2) is 18.4 Å². The Kier molecular flexibility index (Phi) is 5.93. The fraction of sp³-hybridized carbons (Fsp3) is 0.222. The molecule has 0 aliphatic heterocycles. The molecule has 2 aromatic carbocycles. The van der Waals surface area contributed by atoms with Crippen molar-refractivity contribution in [2.45, 2.75) is 20.3 Å². The summed E-state index contributed by atoms with van der Waals surface area (Å²) in [7, 11) is 0. The van der Waals surface area contributed by atoms with Gasteiger partial charge < -0.3 is 10.2 Å². The van der Waals surface area contributed by atoms with Gasteiger partial charge in [0.25, 0.3) is 0 Å². The first-order chi connectivity index (χ1) is 11.0. The standard InChI is InChI=1S/C18H19BrN2O2/c1-13-6-5-7-15(12-13)21(14(2)22)11-10-18(23)20-17-9-4-3-8-16(17)19/h3-9,12H,10-11H2,1-2H3,(H,20,23). The Morgan fingerprint density at radius 1 is 1.13 bits per heavy atom. The number of para-hydroxylation sites is 1. The zero-order chi connectivity index (χ0) is 16.8. The second kappa shape index (κ2) is 7.92. The molecule has 0 aliphatic rings. The van der Waals surface area contributed by atoms with Crippen molar-refractivity contribution in [3.8, 4) is 0 Å². The second-order valence-electron chi connectivity index (χ2n) is 5.29. The molecule has 0 unspecified atom stereocenters. The minimum absolute atomic E-state index is 0.0794. The third-order valence-corrected chi connectivity index (χ3v) is 4.10. The molecule has 0 aliphatic carbocycles. The van der Waals surface area contributed by atoms with E-state index in [-0.39, 0.29) is 18.2 Å².